The van der Waals surface area contributed by atoms with E-state index in [1.54, 1.807) is 23.5 Å². The summed E-state index contributed by atoms with van der Waals surface area (Å²) in [5.74, 6) is -5.35. The molecule has 1 rings (SSSR count). The summed E-state index contributed by atoms with van der Waals surface area (Å²) in [7, 11) is 0. The number of carboxylic acids is 1. The number of carboxylic acid groups (broad SMARTS) is 1. The van der Waals surface area contributed by atoms with Gasteiger partial charge in [0, 0.05) is 0 Å². The highest BCUT2D eigenvalue weighted by Crippen LogP contribution is 2.14. The molecule has 5 N–H and O–H groups in total. The number of amides is 1. The van der Waals surface area contributed by atoms with E-state index in [-0.39, 0.29) is 5.75 Å². The highest BCUT2D eigenvalue weighted by Gasteiger charge is 2.40. The molecule has 1 amide bonds. The number of carbonyl (C=O) groups is 2. The average Bonchev–Trinajstić information content (AvgIpc) is 2.29. The summed E-state index contributed by atoms with van der Waals surface area (Å²) in [6.45, 7) is -0.465. The van der Waals surface area contributed by atoms with Gasteiger partial charge in [-0.1, -0.05) is 18.2 Å². The molecule has 0 saturated heterocycles. The van der Waals surface area contributed by atoms with Gasteiger partial charge in [0.2, 0.25) is 5.91 Å². The number of nitrogens with one attached hydrogen (secondary N) is 1. The van der Waals surface area contributed by atoms with Crippen LogP contribution in [-0.2, 0) is 9.59 Å². The van der Waals surface area contributed by atoms with Crippen LogP contribution in [0.2, 0.25) is 0 Å². The molecule has 1 aromatic rings. The molecule has 0 aliphatic heterocycles. The lowest BCUT2D eigenvalue weighted by Gasteiger charge is -2.24. The Kier molecular flexibility index (Phi) is 4.02. The standard InChI is InChI=1S/C10H12N2O5/c11-6-8(13)12-10(16,9(14)15)17-7-4-2-1-3-5-7/h1-5,16H,6,11H2,(H,12,13)(H,14,15). The molecule has 7 heteroatoms. The quantitative estimate of drug-likeness (QED) is 0.483. The summed E-state index contributed by atoms with van der Waals surface area (Å²) < 4.78 is 4.80. The number of aliphatic carboxylic acids is 1. The third kappa shape index (κ3) is 3.44. The second kappa shape index (κ2) is 5.28. The zero-order valence-electron chi connectivity index (χ0n) is 8.79. The molecule has 92 valence electrons. The molecular formula is C10H12N2O5. The molecule has 1 atom stereocenters. The lowest BCUT2D eigenvalue weighted by molar-refractivity contribution is -0.205. The smallest absolute Gasteiger partial charge is 0.401 e. The van der Waals surface area contributed by atoms with E-state index in [0.717, 1.165) is 0 Å². The van der Waals surface area contributed by atoms with E-state index in [4.69, 9.17) is 15.6 Å². The van der Waals surface area contributed by atoms with Crippen LogP contribution in [0.25, 0.3) is 0 Å². The number of carbonyl (C=O) groups excluding carboxylic acids is 1. The van der Waals surface area contributed by atoms with Crippen molar-refractivity contribution >= 4 is 11.9 Å². The molecule has 0 spiro atoms. The summed E-state index contributed by atoms with van der Waals surface area (Å²) in [5.41, 5.74) is 5.00. The van der Waals surface area contributed by atoms with E-state index in [2.05, 4.69) is 0 Å². The van der Waals surface area contributed by atoms with Gasteiger partial charge in [-0.15, -0.1) is 0 Å². The van der Waals surface area contributed by atoms with Gasteiger partial charge < -0.3 is 20.7 Å². The van der Waals surface area contributed by atoms with Crippen molar-refractivity contribution in [2.24, 2.45) is 5.73 Å². The van der Waals surface area contributed by atoms with Crippen molar-refractivity contribution in [2.45, 2.75) is 5.91 Å². The fourth-order valence-corrected chi connectivity index (χ4v) is 1.02. The van der Waals surface area contributed by atoms with Crippen molar-refractivity contribution < 1.29 is 24.5 Å². The Morgan fingerprint density at radius 3 is 2.41 bits per heavy atom. The number of hydrogen-bond donors (Lipinski definition) is 4. The zero-order valence-corrected chi connectivity index (χ0v) is 8.79. The number of hydrogen-bond acceptors (Lipinski definition) is 5. The molecule has 0 aliphatic rings. The molecule has 0 aromatic heterocycles. The highest BCUT2D eigenvalue weighted by atomic mass is 16.7. The predicted octanol–water partition coefficient (Wildman–Crippen LogP) is -1.13. The molecule has 0 heterocycles. The minimum absolute atomic E-state index is 0.0923. The number of ether oxygens (including phenoxy) is 1. The SMILES string of the molecule is NCC(=O)NC(O)(Oc1ccccc1)C(=O)O. The molecule has 0 radical (unpaired) electrons. The highest BCUT2D eigenvalue weighted by molar-refractivity contribution is 5.85. The van der Waals surface area contributed by atoms with E-state index in [9.17, 15) is 14.7 Å². The van der Waals surface area contributed by atoms with Crippen LogP contribution in [0.15, 0.2) is 30.3 Å². The molecule has 0 aliphatic carbocycles. The molecule has 1 aromatic carbocycles. The van der Waals surface area contributed by atoms with Crippen LogP contribution in [0.1, 0.15) is 0 Å². The van der Waals surface area contributed by atoms with Crippen molar-refractivity contribution in [3.8, 4) is 5.75 Å². The number of rotatable bonds is 5. The Labute approximate surface area is 96.8 Å². The van der Waals surface area contributed by atoms with Crippen LogP contribution in [0, 0.1) is 0 Å². The van der Waals surface area contributed by atoms with Gasteiger partial charge in [-0.05, 0) is 12.1 Å². The summed E-state index contributed by atoms with van der Waals surface area (Å²) in [6, 6.07) is 7.72. The number of nitrogens with two attached hydrogens (primary N) is 1. The second-order valence-corrected chi connectivity index (χ2v) is 3.12. The molecule has 0 bridgehead atoms. The van der Waals surface area contributed by atoms with Gasteiger partial charge in [-0.25, -0.2) is 4.79 Å². The van der Waals surface area contributed by atoms with Gasteiger partial charge >= 0.3 is 11.9 Å². The Morgan fingerprint density at radius 1 is 1.35 bits per heavy atom. The molecular weight excluding hydrogens is 228 g/mol. The average molecular weight is 240 g/mol. The first kappa shape index (κ1) is 12.9. The van der Waals surface area contributed by atoms with Crippen LogP contribution in [0.4, 0.5) is 0 Å². The van der Waals surface area contributed by atoms with Crippen molar-refractivity contribution in [1.82, 2.24) is 5.32 Å². The van der Waals surface area contributed by atoms with Gasteiger partial charge in [0.05, 0.1) is 6.54 Å². The van der Waals surface area contributed by atoms with E-state index < -0.39 is 24.3 Å². The topological polar surface area (TPSA) is 122 Å². The lowest BCUT2D eigenvalue weighted by atomic mass is 10.3. The fraction of sp³-hybridized carbons (Fsp3) is 0.200. The van der Waals surface area contributed by atoms with Gasteiger partial charge in [0.1, 0.15) is 5.75 Å². The number of para-hydroxylation sites is 1. The van der Waals surface area contributed by atoms with Crippen molar-refractivity contribution in [1.29, 1.82) is 0 Å². The monoisotopic (exact) mass is 240 g/mol. The van der Waals surface area contributed by atoms with Gasteiger partial charge in [0.25, 0.3) is 0 Å². The minimum Gasteiger partial charge on any atom is -0.475 e. The minimum atomic E-state index is -2.84. The summed E-state index contributed by atoms with van der Waals surface area (Å²) in [5, 5.41) is 20.2. The number of aliphatic hydroxyl groups is 1. The predicted molar refractivity (Wildman–Crippen MR) is 56.9 cm³/mol. The Balaban J connectivity index is 2.86. The molecule has 1 unspecified atom stereocenters. The van der Waals surface area contributed by atoms with E-state index in [1.807, 2.05) is 0 Å². The van der Waals surface area contributed by atoms with E-state index in [0.29, 0.717) is 0 Å². The maximum absolute atomic E-state index is 11.0. The van der Waals surface area contributed by atoms with Crippen molar-refractivity contribution in [2.75, 3.05) is 6.54 Å². The maximum atomic E-state index is 11.0. The van der Waals surface area contributed by atoms with Crippen LogP contribution in [0.3, 0.4) is 0 Å². The summed E-state index contributed by atoms with van der Waals surface area (Å²) in [4.78, 5) is 21.8. The van der Waals surface area contributed by atoms with Gasteiger partial charge in [-0.3, -0.25) is 10.1 Å². The molecule has 17 heavy (non-hydrogen) atoms. The third-order valence-corrected chi connectivity index (χ3v) is 1.79. The van der Waals surface area contributed by atoms with Crippen LogP contribution < -0.4 is 15.8 Å². The van der Waals surface area contributed by atoms with Crippen molar-refractivity contribution in [3.63, 3.8) is 0 Å². The molecule has 0 fully saturated rings. The first-order valence-electron chi connectivity index (χ1n) is 4.69. The molecule has 0 saturated carbocycles. The number of benzene rings is 1. The fourth-order valence-electron chi connectivity index (χ4n) is 1.02. The van der Waals surface area contributed by atoms with Gasteiger partial charge in [-0.2, -0.15) is 0 Å². The van der Waals surface area contributed by atoms with Crippen LogP contribution >= 0.6 is 0 Å². The largest absolute Gasteiger partial charge is 0.475 e. The van der Waals surface area contributed by atoms with Gasteiger partial charge in [0.15, 0.2) is 0 Å². The summed E-state index contributed by atoms with van der Waals surface area (Å²) in [6.07, 6.45) is 0. The normalized spacial score (nSPS) is 13.5. The van der Waals surface area contributed by atoms with Crippen molar-refractivity contribution in [3.05, 3.63) is 30.3 Å². The van der Waals surface area contributed by atoms with E-state index >= 15 is 0 Å². The molecule has 7 nitrogen and oxygen atoms in total. The first-order valence-corrected chi connectivity index (χ1v) is 4.69. The second-order valence-electron chi connectivity index (χ2n) is 3.12. The first-order chi connectivity index (χ1) is 7.98. The Morgan fingerprint density at radius 2 is 1.94 bits per heavy atom. The Bertz CT molecular complexity index is 408. The van der Waals surface area contributed by atoms with Crippen LogP contribution in [-0.4, -0.2) is 34.5 Å². The lowest BCUT2D eigenvalue weighted by Crippen LogP contribution is -2.60. The summed E-state index contributed by atoms with van der Waals surface area (Å²) >= 11 is 0. The zero-order chi connectivity index (χ0) is 12.9. The van der Waals surface area contributed by atoms with Crippen LogP contribution in [0.5, 0.6) is 5.75 Å². The Hall–Kier alpha value is -2.12. The van der Waals surface area contributed by atoms with E-state index in [1.165, 1.54) is 12.1 Å². The third-order valence-electron chi connectivity index (χ3n) is 1.79. The maximum Gasteiger partial charge on any atom is 0.401 e.